The van der Waals surface area contributed by atoms with Crippen LogP contribution in [-0.4, -0.2) is 22.5 Å². The van der Waals surface area contributed by atoms with Gasteiger partial charge in [-0.3, -0.25) is 0 Å². The van der Waals surface area contributed by atoms with Gasteiger partial charge in [-0.25, -0.2) is 9.78 Å². The Balaban J connectivity index is 3.05. The molecule has 1 amide bonds. The third kappa shape index (κ3) is 2.66. The minimum Gasteiger partial charge on any atom is -0.465 e. The van der Waals surface area contributed by atoms with Crippen LogP contribution in [0.15, 0.2) is 18.3 Å². The average Bonchev–Trinajstić information content (AvgIpc) is 2.17. The van der Waals surface area contributed by atoms with E-state index >= 15 is 0 Å². The summed E-state index contributed by atoms with van der Waals surface area (Å²) < 4.78 is 0. The highest BCUT2D eigenvalue weighted by atomic mass is 35.5. The highest BCUT2D eigenvalue weighted by Crippen LogP contribution is 2.18. The number of carbonyl (C=O) groups excluding carboxylic acids is 1. The summed E-state index contributed by atoms with van der Waals surface area (Å²) >= 11 is 5.57. The Morgan fingerprint density at radius 3 is 2.73 bits per heavy atom. The second-order valence-corrected chi connectivity index (χ2v) is 3.51. The van der Waals surface area contributed by atoms with Gasteiger partial charge in [0.15, 0.2) is 0 Å². The number of nitrogens with one attached hydrogen (secondary N) is 1. The molecule has 0 aromatic carbocycles. The van der Waals surface area contributed by atoms with Crippen LogP contribution in [-0.2, 0) is 10.3 Å². The largest absolute Gasteiger partial charge is 0.465 e. The third-order valence-corrected chi connectivity index (χ3v) is 2.15. The molecule has 0 fully saturated rings. The van der Waals surface area contributed by atoms with Crippen molar-refractivity contribution in [3.8, 4) is 0 Å². The lowest BCUT2D eigenvalue weighted by atomic mass is 9.96. The molecule has 6 heteroatoms. The lowest BCUT2D eigenvalue weighted by molar-refractivity contribution is -0.112. The van der Waals surface area contributed by atoms with Gasteiger partial charge in [-0.1, -0.05) is 17.7 Å². The van der Waals surface area contributed by atoms with Crippen LogP contribution in [0.5, 0.6) is 0 Å². The topological polar surface area (TPSA) is 79.3 Å². The van der Waals surface area contributed by atoms with Crippen LogP contribution in [0, 0.1) is 0 Å². The van der Waals surface area contributed by atoms with Crippen LogP contribution in [0.4, 0.5) is 4.79 Å². The number of carbonyl (C=O) groups is 2. The number of aldehydes is 1. The van der Waals surface area contributed by atoms with E-state index in [1.165, 1.54) is 19.2 Å². The Hall–Kier alpha value is -1.62. The molecule has 0 radical (unpaired) electrons. The molecule has 1 rings (SSSR count). The maximum Gasteiger partial charge on any atom is 0.405 e. The van der Waals surface area contributed by atoms with E-state index in [1.54, 1.807) is 6.07 Å². The molecule has 80 valence electrons. The number of halogens is 1. The smallest absolute Gasteiger partial charge is 0.405 e. The Bertz CT molecular complexity index is 379. The number of rotatable bonds is 3. The average molecular weight is 229 g/mol. The molecule has 1 heterocycles. The minimum absolute atomic E-state index is 0.280. The highest BCUT2D eigenvalue weighted by Gasteiger charge is 2.28. The van der Waals surface area contributed by atoms with E-state index in [0.717, 1.165) is 0 Å². The summed E-state index contributed by atoms with van der Waals surface area (Å²) in [6.45, 7) is 1.44. The van der Waals surface area contributed by atoms with E-state index in [0.29, 0.717) is 11.8 Å². The van der Waals surface area contributed by atoms with Crippen molar-refractivity contribution in [1.82, 2.24) is 10.3 Å². The SMILES string of the molecule is CC(C=O)(NC(=O)O)c1ccc(Cl)nc1. The molecule has 0 aliphatic rings. The first-order chi connectivity index (χ1) is 6.98. The summed E-state index contributed by atoms with van der Waals surface area (Å²) in [6, 6.07) is 3.03. The van der Waals surface area contributed by atoms with Crippen LogP contribution < -0.4 is 5.32 Å². The summed E-state index contributed by atoms with van der Waals surface area (Å²) in [7, 11) is 0. The molecule has 1 aromatic rings. The van der Waals surface area contributed by atoms with Gasteiger partial charge in [-0.2, -0.15) is 0 Å². The van der Waals surface area contributed by atoms with Crippen molar-refractivity contribution in [3.63, 3.8) is 0 Å². The van der Waals surface area contributed by atoms with Crippen molar-refractivity contribution in [2.45, 2.75) is 12.5 Å². The van der Waals surface area contributed by atoms with Crippen molar-refractivity contribution in [1.29, 1.82) is 0 Å². The zero-order chi connectivity index (χ0) is 11.5. The fourth-order valence-electron chi connectivity index (χ4n) is 1.07. The van der Waals surface area contributed by atoms with E-state index in [1.807, 2.05) is 0 Å². The molecule has 5 nitrogen and oxygen atoms in total. The summed E-state index contributed by atoms with van der Waals surface area (Å²) in [5, 5.41) is 11.0. The molecule has 0 spiro atoms. The second-order valence-electron chi connectivity index (χ2n) is 3.12. The number of amides is 1. The maximum atomic E-state index is 10.9. The van der Waals surface area contributed by atoms with Gasteiger partial charge in [0.05, 0.1) is 0 Å². The molecule has 0 saturated heterocycles. The third-order valence-electron chi connectivity index (χ3n) is 1.93. The summed E-state index contributed by atoms with van der Waals surface area (Å²) in [5.74, 6) is 0. The normalized spacial score (nSPS) is 14.0. The van der Waals surface area contributed by atoms with Gasteiger partial charge >= 0.3 is 6.09 Å². The van der Waals surface area contributed by atoms with Crippen LogP contribution in [0.3, 0.4) is 0 Å². The van der Waals surface area contributed by atoms with Gasteiger partial charge < -0.3 is 15.2 Å². The number of hydrogen-bond acceptors (Lipinski definition) is 3. The molecule has 2 N–H and O–H groups in total. The number of hydrogen-bond donors (Lipinski definition) is 2. The molecule has 0 aliphatic heterocycles. The first-order valence-electron chi connectivity index (χ1n) is 4.07. The zero-order valence-electron chi connectivity index (χ0n) is 7.90. The molecule has 1 atom stereocenters. The van der Waals surface area contributed by atoms with Crippen LogP contribution in [0.2, 0.25) is 5.15 Å². The van der Waals surface area contributed by atoms with E-state index < -0.39 is 11.6 Å². The van der Waals surface area contributed by atoms with Gasteiger partial charge in [0.1, 0.15) is 17.0 Å². The van der Waals surface area contributed by atoms with Crippen molar-refractivity contribution in [3.05, 3.63) is 29.0 Å². The van der Waals surface area contributed by atoms with E-state index in [-0.39, 0.29) is 5.15 Å². The predicted molar refractivity (Wildman–Crippen MR) is 53.8 cm³/mol. The van der Waals surface area contributed by atoms with Crippen molar-refractivity contribution < 1.29 is 14.7 Å². The summed E-state index contributed by atoms with van der Waals surface area (Å²) in [5.41, 5.74) is -0.868. The molecular formula is C9H9ClN2O3. The van der Waals surface area contributed by atoms with Crippen LogP contribution >= 0.6 is 11.6 Å². The number of aromatic nitrogens is 1. The van der Waals surface area contributed by atoms with E-state index in [9.17, 15) is 9.59 Å². The fourth-order valence-corrected chi connectivity index (χ4v) is 1.19. The second kappa shape index (κ2) is 4.27. The minimum atomic E-state index is -1.30. The standard InChI is InChI=1S/C9H9ClN2O3/c1-9(5-13,12-8(14)15)6-2-3-7(10)11-4-6/h2-5,12H,1H3,(H,14,15). The van der Waals surface area contributed by atoms with Crippen molar-refractivity contribution in [2.75, 3.05) is 0 Å². The first kappa shape index (κ1) is 11.5. The Morgan fingerprint density at radius 1 is 1.67 bits per heavy atom. The lowest BCUT2D eigenvalue weighted by Gasteiger charge is -2.22. The van der Waals surface area contributed by atoms with Crippen molar-refractivity contribution >= 4 is 24.0 Å². The lowest BCUT2D eigenvalue weighted by Crippen LogP contribution is -2.44. The van der Waals surface area contributed by atoms with Gasteiger partial charge in [-0.15, -0.1) is 0 Å². The maximum absolute atomic E-state index is 10.9. The Kier molecular flexibility index (Phi) is 3.26. The highest BCUT2D eigenvalue weighted by molar-refractivity contribution is 6.29. The first-order valence-corrected chi connectivity index (χ1v) is 4.45. The predicted octanol–water partition coefficient (Wildman–Crippen LogP) is 1.42. The number of nitrogens with zero attached hydrogens (tertiary/aromatic N) is 1. The molecular weight excluding hydrogens is 220 g/mol. The van der Waals surface area contributed by atoms with E-state index in [2.05, 4.69) is 10.3 Å². The summed E-state index contributed by atoms with van der Waals surface area (Å²) in [4.78, 5) is 25.1. The van der Waals surface area contributed by atoms with Gasteiger partial charge in [0.2, 0.25) is 0 Å². The number of carboxylic acid groups (broad SMARTS) is 1. The monoisotopic (exact) mass is 228 g/mol. The van der Waals surface area contributed by atoms with Gasteiger partial charge in [-0.05, 0) is 13.0 Å². The van der Waals surface area contributed by atoms with Crippen LogP contribution in [0.1, 0.15) is 12.5 Å². The quantitative estimate of drug-likeness (QED) is 0.606. The number of pyridine rings is 1. The summed E-state index contributed by atoms with van der Waals surface area (Å²) in [6.07, 6.45) is 0.582. The molecule has 1 unspecified atom stereocenters. The Morgan fingerprint density at radius 2 is 2.33 bits per heavy atom. The van der Waals surface area contributed by atoms with Crippen molar-refractivity contribution in [2.24, 2.45) is 0 Å². The van der Waals surface area contributed by atoms with Crippen LogP contribution in [0.25, 0.3) is 0 Å². The molecule has 1 aromatic heterocycles. The molecule has 0 aliphatic carbocycles. The zero-order valence-corrected chi connectivity index (χ0v) is 8.65. The Labute approximate surface area is 91.1 Å². The molecule has 0 bridgehead atoms. The fraction of sp³-hybridized carbons (Fsp3) is 0.222. The van der Waals surface area contributed by atoms with E-state index in [4.69, 9.17) is 16.7 Å². The molecule has 15 heavy (non-hydrogen) atoms. The molecule has 0 saturated carbocycles. The van der Waals surface area contributed by atoms with Gasteiger partial charge in [0.25, 0.3) is 0 Å². The van der Waals surface area contributed by atoms with Gasteiger partial charge in [0, 0.05) is 11.8 Å².